The highest BCUT2D eigenvalue weighted by Crippen LogP contribution is 2.22. The van der Waals surface area contributed by atoms with Crippen LogP contribution in [0.5, 0.6) is 0 Å². The summed E-state index contributed by atoms with van der Waals surface area (Å²) in [5, 5.41) is 0.976. The van der Waals surface area contributed by atoms with E-state index in [1.807, 2.05) is 0 Å². The number of halogens is 1. The molecule has 0 aliphatic heterocycles. The van der Waals surface area contributed by atoms with Gasteiger partial charge >= 0.3 is 0 Å². The van der Waals surface area contributed by atoms with Crippen molar-refractivity contribution >= 4 is 15.9 Å². The highest BCUT2D eigenvalue weighted by molar-refractivity contribution is 9.09. The van der Waals surface area contributed by atoms with Crippen molar-refractivity contribution < 1.29 is 4.74 Å². The van der Waals surface area contributed by atoms with E-state index < -0.39 is 0 Å². The summed E-state index contributed by atoms with van der Waals surface area (Å²) in [6.07, 6.45) is 3.19. The largest absolute Gasteiger partial charge is 0.377 e. The Hall–Kier alpha value is 0.440. The third-order valence-corrected chi connectivity index (χ3v) is 1.28. The molecule has 0 spiro atoms. The Balaban J connectivity index is 1.80. The van der Waals surface area contributed by atoms with Crippen molar-refractivity contribution in [2.45, 2.75) is 18.9 Å². The average Bonchev–Trinajstić information content (AvgIpc) is 2.42. The lowest BCUT2D eigenvalue weighted by molar-refractivity contribution is 0.136. The first kappa shape index (κ1) is 5.57. The Morgan fingerprint density at radius 2 is 2.29 bits per heavy atom. The second kappa shape index (κ2) is 2.68. The summed E-state index contributed by atoms with van der Waals surface area (Å²) in [6.45, 7) is 0.880. The molecule has 0 aromatic carbocycles. The molecule has 1 nitrogen and oxygen atoms in total. The van der Waals surface area contributed by atoms with E-state index in [4.69, 9.17) is 4.74 Å². The van der Waals surface area contributed by atoms with Crippen molar-refractivity contribution in [1.82, 2.24) is 0 Å². The Morgan fingerprint density at radius 3 is 2.71 bits per heavy atom. The molecular formula is C5H9BrO. The van der Waals surface area contributed by atoms with Gasteiger partial charge < -0.3 is 4.74 Å². The zero-order valence-corrected chi connectivity index (χ0v) is 5.78. The summed E-state index contributed by atoms with van der Waals surface area (Å²) in [5.41, 5.74) is 0. The summed E-state index contributed by atoms with van der Waals surface area (Å²) >= 11 is 3.28. The molecule has 7 heavy (non-hydrogen) atoms. The zero-order valence-electron chi connectivity index (χ0n) is 4.19. The lowest BCUT2D eigenvalue weighted by Gasteiger charge is -1.93. The molecule has 0 N–H and O–H groups in total. The van der Waals surface area contributed by atoms with Crippen molar-refractivity contribution in [2.24, 2.45) is 0 Å². The van der Waals surface area contributed by atoms with Gasteiger partial charge in [0.05, 0.1) is 12.7 Å². The van der Waals surface area contributed by atoms with E-state index in [-0.39, 0.29) is 0 Å². The molecule has 0 saturated heterocycles. The second-order valence-electron chi connectivity index (χ2n) is 1.76. The topological polar surface area (TPSA) is 9.23 Å². The van der Waals surface area contributed by atoms with Crippen LogP contribution in [0.3, 0.4) is 0 Å². The van der Waals surface area contributed by atoms with E-state index in [9.17, 15) is 0 Å². The van der Waals surface area contributed by atoms with Crippen LogP contribution in [0.4, 0.5) is 0 Å². The van der Waals surface area contributed by atoms with E-state index in [1.54, 1.807) is 0 Å². The standard InChI is InChI=1S/C5H9BrO/c6-3-4-7-5-1-2-5/h5H,1-4H2. The third kappa shape index (κ3) is 2.29. The minimum atomic E-state index is 0.623. The molecule has 0 radical (unpaired) electrons. The molecule has 0 aromatic heterocycles. The van der Waals surface area contributed by atoms with Crippen molar-refractivity contribution in [2.75, 3.05) is 11.9 Å². The maximum absolute atomic E-state index is 5.26. The normalized spacial score (nSPS) is 20.1. The second-order valence-corrected chi connectivity index (χ2v) is 2.55. The molecule has 2 heteroatoms. The van der Waals surface area contributed by atoms with Crippen LogP contribution in [-0.4, -0.2) is 18.0 Å². The quantitative estimate of drug-likeness (QED) is 0.576. The molecule has 42 valence electrons. The Labute approximate surface area is 52.2 Å². The van der Waals surface area contributed by atoms with Gasteiger partial charge in [0.1, 0.15) is 0 Å². The van der Waals surface area contributed by atoms with E-state index in [2.05, 4.69) is 15.9 Å². The van der Waals surface area contributed by atoms with Crippen LogP contribution in [0.25, 0.3) is 0 Å². The molecule has 0 amide bonds. The number of hydrogen-bond acceptors (Lipinski definition) is 1. The molecule has 0 aromatic rings. The molecular weight excluding hydrogens is 156 g/mol. The van der Waals surface area contributed by atoms with Crippen LogP contribution in [0.1, 0.15) is 12.8 Å². The predicted octanol–water partition coefficient (Wildman–Crippen LogP) is 1.56. The first-order chi connectivity index (χ1) is 3.43. The Bertz CT molecular complexity index is 52.0. The summed E-state index contributed by atoms with van der Waals surface area (Å²) in [7, 11) is 0. The highest BCUT2D eigenvalue weighted by atomic mass is 79.9. The number of ether oxygens (including phenoxy) is 1. The van der Waals surface area contributed by atoms with Crippen LogP contribution in [0.2, 0.25) is 0 Å². The lowest BCUT2D eigenvalue weighted by Crippen LogP contribution is -1.95. The number of alkyl halides is 1. The van der Waals surface area contributed by atoms with Crippen LogP contribution < -0.4 is 0 Å². The van der Waals surface area contributed by atoms with Gasteiger partial charge in [-0.2, -0.15) is 0 Å². The SMILES string of the molecule is BrCCOC1CC1. The van der Waals surface area contributed by atoms with Gasteiger partial charge in [0.15, 0.2) is 0 Å². The van der Waals surface area contributed by atoms with Crippen molar-refractivity contribution in [3.63, 3.8) is 0 Å². The van der Waals surface area contributed by atoms with E-state index in [0.29, 0.717) is 6.10 Å². The number of rotatable bonds is 3. The summed E-state index contributed by atoms with van der Waals surface area (Å²) in [5.74, 6) is 0. The predicted molar refractivity (Wildman–Crippen MR) is 32.8 cm³/mol. The molecule has 1 aliphatic carbocycles. The highest BCUT2D eigenvalue weighted by Gasteiger charge is 2.20. The molecule has 1 aliphatic rings. The van der Waals surface area contributed by atoms with Crippen LogP contribution in [-0.2, 0) is 4.74 Å². The summed E-state index contributed by atoms with van der Waals surface area (Å²) < 4.78 is 5.26. The molecule has 0 bridgehead atoms. The first-order valence-corrected chi connectivity index (χ1v) is 3.73. The molecule has 0 heterocycles. The smallest absolute Gasteiger partial charge is 0.0577 e. The molecule has 0 unspecified atom stereocenters. The Kier molecular flexibility index (Phi) is 2.13. The van der Waals surface area contributed by atoms with Gasteiger partial charge in [-0.1, -0.05) is 15.9 Å². The fraction of sp³-hybridized carbons (Fsp3) is 1.00. The van der Waals surface area contributed by atoms with Crippen molar-refractivity contribution in [3.8, 4) is 0 Å². The molecule has 1 rings (SSSR count). The maximum atomic E-state index is 5.26. The molecule has 1 fully saturated rings. The van der Waals surface area contributed by atoms with Gasteiger partial charge in [0, 0.05) is 5.33 Å². The minimum Gasteiger partial charge on any atom is -0.377 e. The van der Waals surface area contributed by atoms with E-state index in [0.717, 1.165) is 11.9 Å². The van der Waals surface area contributed by atoms with E-state index >= 15 is 0 Å². The van der Waals surface area contributed by atoms with Gasteiger partial charge in [-0.25, -0.2) is 0 Å². The number of hydrogen-bond donors (Lipinski definition) is 0. The summed E-state index contributed by atoms with van der Waals surface area (Å²) in [6, 6.07) is 0. The monoisotopic (exact) mass is 164 g/mol. The third-order valence-electron chi connectivity index (χ3n) is 0.955. The van der Waals surface area contributed by atoms with Gasteiger partial charge in [0.25, 0.3) is 0 Å². The minimum absolute atomic E-state index is 0.623. The van der Waals surface area contributed by atoms with Crippen LogP contribution in [0, 0.1) is 0 Å². The van der Waals surface area contributed by atoms with Gasteiger partial charge in [-0.15, -0.1) is 0 Å². The fourth-order valence-electron chi connectivity index (χ4n) is 0.446. The first-order valence-electron chi connectivity index (χ1n) is 2.61. The van der Waals surface area contributed by atoms with Crippen molar-refractivity contribution in [1.29, 1.82) is 0 Å². The Morgan fingerprint density at radius 1 is 1.57 bits per heavy atom. The summed E-state index contributed by atoms with van der Waals surface area (Å²) in [4.78, 5) is 0. The van der Waals surface area contributed by atoms with Gasteiger partial charge in [-0.3, -0.25) is 0 Å². The average molecular weight is 165 g/mol. The lowest BCUT2D eigenvalue weighted by atomic mass is 10.8. The van der Waals surface area contributed by atoms with Gasteiger partial charge in [-0.05, 0) is 12.8 Å². The molecule has 0 atom stereocenters. The maximum Gasteiger partial charge on any atom is 0.0577 e. The molecule has 1 saturated carbocycles. The van der Waals surface area contributed by atoms with Gasteiger partial charge in [0.2, 0.25) is 0 Å². The fourth-order valence-corrected chi connectivity index (χ4v) is 0.633. The van der Waals surface area contributed by atoms with E-state index in [1.165, 1.54) is 12.8 Å². The van der Waals surface area contributed by atoms with Crippen LogP contribution >= 0.6 is 15.9 Å². The zero-order chi connectivity index (χ0) is 5.11. The van der Waals surface area contributed by atoms with Crippen LogP contribution in [0.15, 0.2) is 0 Å². The van der Waals surface area contributed by atoms with Crippen molar-refractivity contribution in [3.05, 3.63) is 0 Å².